The van der Waals surface area contributed by atoms with Gasteiger partial charge in [-0.25, -0.2) is 4.79 Å². The Morgan fingerprint density at radius 3 is 2.68 bits per heavy atom. The van der Waals surface area contributed by atoms with Gasteiger partial charge < -0.3 is 4.74 Å². The first-order chi connectivity index (χ1) is 10.6. The molecule has 8 heteroatoms. The average Bonchev–Trinajstić information content (AvgIpc) is 2.91. The number of esters is 1. The highest BCUT2D eigenvalue weighted by atomic mass is 16.5. The fourth-order valence-corrected chi connectivity index (χ4v) is 1.76. The number of nitrogens with one attached hydrogen (secondary N) is 1. The van der Waals surface area contributed by atoms with E-state index in [1.807, 2.05) is 0 Å². The molecule has 1 aromatic heterocycles. The molecule has 0 bridgehead atoms. The summed E-state index contributed by atoms with van der Waals surface area (Å²) in [5, 5.41) is 12.8. The van der Waals surface area contributed by atoms with Crippen molar-refractivity contribution < 1.29 is 14.3 Å². The molecule has 0 aliphatic heterocycles. The Labute approximate surface area is 124 Å². The van der Waals surface area contributed by atoms with Crippen molar-refractivity contribution in [2.75, 3.05) is 6.61 Å². The van der Waals surface area contributed by atoms with E-state index in [0.717, 1.165) is 4.68 Å². The third-order valence-corrected chi connectivity index (χ3v) is 2.77. The Morgan fingerprint density at radius 1 is 1.41 bits per heavy atom. The maximum Gasteiger partial charge on any atom is 0.348 e. The van der Waals surface area contributed by atoms with E-state index in [1.165, 1.54) is 0 Å². The van der Waals surface area contributed by atoms with Gasteiger partial charge in [-0.1, -0.05) is 18.2 Å². The molecule has 0 saturated heterocycles. The summed E-state index contributed by atoms with van der Waals surface area (Å²) >= 11 is 0. The summed E-state index contributed by atoms with van der Waals surface area (Å²) in [7, 11) is 0. The van der Waals surface area contributed by atoms with Gasteiger partial charge >= 0.3 is 11.7 Å². The molecule has 0 radical (unpaired) electrons. The number of nitrogens with zero attached hydrogens (tertiary/aromatic N) is 3. The highest BCUT2D eigenvalue weighted by molar-refractivity contribution is 6.08. The van der Waals surface area contributed by atoms with Gasteiger partial charge in [0, 0.05) is 0 Å². The van der Waals surface area contributed by atoms with Crippen LogP contribution in [0.2, 0.25) is 0 Å². The van der Waals surface area contributed by atoms with Crippen molar-refractivity contribution >= 4 is 11.8 Å². The number of benzene rings is 1. The Kier molecular flexibility index (Phi) is 4.48. The van der Waals surface area contributed by atoms with Gasteiger partial charge in [-0.05, 0) is 19.1 Å². The molecule has 0 aliphatic rings. The Hall–Kier alpha value is -3.21. The van der Waals surface area contributed by atoms with Crippen LogP contribution in [0, 0.1) is 17.2 Å². The molecule has 1 atom stereocenters. The van der Waals surface area contributed by atoms with Crippen molar-refractivity contribution in [3.63, 3.8) is 0 Å². The minimum Gasteiger partial charge on any atom is -0.465 e. The molecule has 0 amide bonds. The number of nitriles is 1. The maximum absolute atomic E-state index is 12.1. The van der Waals surface area contributed by atoms with Crippen LogP contribution in [-0.2, 0) is 9.53 Å². The molecule has 1 unspecified atom stereocenters. The molecule has 2 rings (SSSR count). The molecule has 0 aliphatic carbocycles. The van der Waals surface area contributed by atoms with Crippen LogP contribution in [0.5, 0.6) is 0 Å². The van der Waals surface area contributed by atoms with E-state index in [9.17, 15) is 14.4 Å². The number of carbonyl (C=O) groups excluding carboxylic acids is 2. The SMILES string of the molecule is CCOC(=O)C(C#N)C(=O)c1nn(-c2ccccc2)c(=O)[nH]1. The first-order valence-electron chi connectivity index (χ1n) is 6.43. The minimum atomic E-state index is -1.66. The molecule has 1 heterocycles. The van der Waals surface area contributed by atoms with Crippen molar-refractivity contribution in [1.29, 1.82) is 5.26 Å². The molecule has 1 N–H and O–H groups in total. The normalized spacial score (nSPS) is 11.5. The number of aromatic amines is 1. The second-order valence-corrected chi connectivity index (χ2v) is 4.20. The number of aromatic nitrogens is 3. The largest absolute Gasteiger partial charge is 0.465 e. The third-order valence-electron chi connectivity index (χ3n) is 2.77. The lowest BCUT2D eigenvalue weighted by molar-refractivity contribution is -0.144. The van der Waals surface area contributed by atoms with Crippen LogP contribution in [-0.4, -0.2) is 33.1 Å². The van der Waals surface area contributed by atoms with Gasteiger partial charge in [0.15, 0.2) is 0 Å². The van der Waals surface area contributed by atoms with E-state index in [2.05, 4.69) is 14.8 Å². The summed E-state index contributed by atoms with van der Waals surface area (Å²) in [6, 6.07) is 9.98. The standard InChI is InChI=1S/C14H12N4O4/c1-2-22-13(20)10(8-15)11(19)12-16-14(21)18(17-12)9-6-4-3-5-7-9/h3-7,10H,2H2,1H3,(H,16,17,21). The highest BCUT2D eigenvalue weighted by Crippen LogP contribution is 2.08. The second kappa shape index (κ2) is 6.49. The molecule has 0 saturated carbocycles. The molecule has 0 spiro atoms. The van der Waals surface area contributed by atoms with Crippen molar-refractivity contribution in [1.82, 2.24) is 14.8 Å². The first kappa shape index (κ1) is 15.2. The number of rotatable bonds is 5. The summed E-state index contributed by atoms with van der Waals surface area (Å²) in [5.41, 5.74) is -0.192. The fraction of sp³-hybridized carbons (Fsp3) is 0.214. The van der Waals surface area contributed by atoms with E-state index < -0.39 is 23.4 Å². The average molecular weight is 300 g/mol. The Balaban J connectivity index is 2.35. The summed E-state index contributed by atoms with van der Waals surface area (Å²) in [6.07, 6.45) is 0. The van der Waals surface area contributed by atoms with Crippen LogP contribution in [0.1, 0.15) is 17.5 Å². The van der Waals surface area contributed by atoms with Crippen LogP contribution < -0.4 is 5.69 Å². The van der Waals surface area contributed by atoms with Crippen LogP contribution in [0.15, 0.2) is 35.1 Å². The van der Waals surface area contributed by atoms with Gasteiger partial charge in [0.25, 0.3) is 0 Å². The molecule has 0 fully saturated rings. The number of carbonyl (C=O) groups is 2. The smallest absolute Gasteiger partial charge is 0.348 e. The molecule has 2 aromatic rings. The van der Waals surface area contributed by atoms with E-state index >= 15 is 0 Å². The summed E-state index contributed by atoms with van der Waals surface area (Å²) in [4.78, 5) is 37.8. The number of Topliss-reactive ketones (excluding diaryl/α,β-unsaturated/α-hetero) is 1. The van der Waals surface area contributed by atoms with Crippen molar-refractivity contribution in [3.8, 4) is 11.8 Å². The van der Waals surface area contributed by atoms with Crippen molar-refractivity contribution in [2.24, 2.45) is 5.92 Å². The number of hydrogen-bond acceptors (Lipinski definition) is 6. The number of H-pyrrole nitrogens is 1. The lowest BCUT2D eigenvalue weighted by Gasteiger charge is -2.04. The number of ketones is 1. The molecule has 22 heavy (non-hydrogen) atoms. The molecule has 8 nitrogen and oxygen atoms in total. The van der Waals surface area contributed by atoms with E-state index in [1.54, 1.807) is 43.3 Å². The van der Waals surface area contributed by atoms with Crippen LogP contribution in [0.4, 0.5) is 0 Å². The zero-order chi connectivity index (χ0) is 16.1. The van der Waals surface area contributed by atoms with Crippen LogP contribution >= 0.6 is 0 Å². The lowest BCUT2D eigenvalue weighted by atomic mass is 10.1. The monoisotopic (exact) mass is 300 g/mol. The maximum atomic E-state index is 12.1. The number of hydrogen-bond donors (Lipinski definition) is 1. The summed E-state index contributed by atoms with van der Waals surface area (Å²) in [5.74, 6) is -3.90. The topological polar surface area (TPSA) is 118 Å². The van der Waals surface area contributed by atoms with Gasteiger partial charge in [0.2, 0.25) is 17.5 Å². The zero-order valence-electron chi connectivity index (χ0n) is 11.6. The summed E-state index contributed by atoms with van der Waals surface area (Å²) < 4.78 is 5.63. The Morgan fingerprint density at radius 2 is 2.09 bits per heavy atom. The third kappa shape index (κ3) is 2.93. The predicted molar refractivity (Wildman–Crippen MR) is 74.3 cm³/mol. The lowest BCUT2D eigenvalue weighted by Crippen LogP contribution is -2.26. The Bertz CT molecular complexity index is 785. The zero-order valence-corrected chi connectivity index (χ0v) is 11.6. The quantitative estimate of drug-likeness (QED) is 0.486. The van der Waals surface area contributed by atoms with E-state index in [-0.39, 0.29) is 12.4 Å². The highest BCUT2D eigenvalue weighted by Gasteiger charge is 2.31. The van der Waals surface area contributed by atoms with Gasteiger partial charge in [-0.2, -0.15) is 9.94 Å². The molecule has 112 valence electrons. The van der Waals surface area contributed by atoms with Gasteiger partial charge in [0.1, 0.15) is 0 Å². The van der Waals surface area contributed by atoms with Gasteiger partial charge in [0.05, 0.1) is 18.4 Å². The second-order valence-electron chi connectivity index (χ2n) is 4.20. The molecule has 1 aromatic carbocycles. The van der Waals surface area contributed by atoms with E-state index in [0.29, 0.717) is 5.69 Å². The fourth-order valence-electron chi connectivity index (χ4n) is 1.76. The number of para-hydroxylation sites is 1. The van der Waals surface area contributed by atoms with E-state index in [4.69, 9.17) is 5.26 Å². The van der Waals surface area contributed by atoms with Gasteiger partial charge in [-0.15, -0.1) is 5.10 Å². The van der Waals surface area contributed by atoms with Crippen molar-refractivity contribution in [2.45, 2.75) is 6.92 Å². The molecular weight excluding hydrogens is 288 g/mol. The number of ether oxygens (including phenoxy) is 1. The van der Waals surface area contributed by atoms with Crippen LogP contribution in [0.3, 0.4) is 0 Å². The van der Waals surface area contributed by atoms with Crippen LogP contribution in [0.25, 0.3) is 5.69 Å². The van der Waals surface area contributed by atoms with Gasteiger partial charge in [-0.3, -0.25) is 14.6 Å². The minimum absolute atomic E-state index is 0.0409. The van der Waals surface area contributed by atoms with Crippen molar-refractivity contribution in [3.05, 3.63) is 46.6 Å². The predicted octanol–water partition coefficient (Wildman–Crippen LogP) is 0.446. The first-order valence-corrected chi connectivity index (χ1v) is 6.43. The summed E-state index contributed by atoms with van der Waals surface area (Å²) in [6.45, 7) is 1.60. The molecular formula is C14H12N4O4.